The lowest BCUT2D eigenvalue weighted by Crippen LogP contribution is -2.35. The van der Waals surface area contributed by atoms with Crippen LogP contribution >= 0.6 is 11.6 Å². The third kappa shape index (κ3) is 4.51. The van der Waals surface area contributed by atoms with Crippen molar-refractivity contribution in [3.05, 3.63) is 23.2 Å². The first-order chi connectivity index (χ1) is 8.97. The monoisotopic (exact) mass is 285 g/mol. The second kappa shape index (κ2) is 7.08. The maximum Gasteiger partial charge on any atom is 0.254 e. The Morgan fingerprint density at radius 3 is 2.58 bits per heavy atom. The van der Waals surface area contributed by atoms with Crippen LogP contribution in [0.2, 0.25) is 5.02 Å². The lowest BCUT2D eigenvalue weighted by atomic mass is 10.2. The molecule has 0 saturated carbocycles. The van der Waals surface area contributed by atoms with Crippen LogP contribution in [-0.4, -0.2) is 31.6 Å². The van der Waals surface area contributed by atoms with E-state index in [2.05, 4.69) is 10.6 Å². The number of anilines is 2. The Bertz CT molecular complexity index is 475. The van der Waals surface area contributed by atoms with E-state index in [1.807, 2.05) is 0 Å². The van der Waals surface area contributed by atoms with Crippen LogP contribution in [0.4, 0.5) is 11.4 Å². The number of hydrogen-bond donors (Lipinski definition) is 3. The molecule has 0 saturated heterocycles. The fourth-order valence-electron chi connectivity index (χ4n) is 1.42. The summed E-state index contributed by atoms with van der Waals surface area (Å²) in [5.41, 5.74) is 6.37. The van der Waals surface area contributed by atoms with Gasteiger partial charge < -0.3 is 21.1 Å². The summed E-state index contributed by atoms with van der Waals surface area (Å²) in [4.78, 5) is 22.6. The molecule has 6 nitrogen and oxygen atoms in total. The van der Waals surface area contributed by atoms with E-state index in [1.165, 1.54) is 20.1 Å². The Hall–Kier alpha value is -1.63. The Labute approximate surface area is 116 Å². The average Bonchev–Trinajstić information content (AvgIpc) is 2.33. The van der Waals surface area contributed by atoms with Crippen molar-refractivity contribution in [1.82, 2.24) is 0 Å². The van der Waals surface area contributed by atoms with Crippen LogP contribution in [0.15, 0.2) is 18.2 Å². The zero-order valence-corrected chi connectivity index (χ0v) is 11.5. The molecular formula is C12H16ClN3O3. The Kier molecular flexibility index (Phi) is 5.75. The first kappa shape index (κ1) is 15.4. The van der Waals surface area contributed by atoms with Crippen molar-refractivity contribution in [2.75, 3.05) is 24.3 Å². The van der Waals surface area contributed by atoms with Crippen LogP contribution in [-0.2, 0) is 14.3 Å². The second-order valence-electron chi connectivity index (χ2n) is 3.83. The second-order valence-corrected chi connectivity index (χ2v) is 4.23. The van der Waals surface area contributed by atoms with Crippen molar-refractivity contribution in [3.8, 4) is 0 Å². The molecule has 0 radical (unpaired) electrons. The number of ether oxygens (including phenoxy) is 1. The molecule has 0 aliphatic rings. The number of halogens is 1. The highest BCUT2D eigenvalue weighted by atomic mass is 35.5. The van der Waals surface area contributed by atoms with E-state index in [0.29, 0.717) is 16.4 Å². The van der Waals surface area contributed by atoms with Crippen molar-refractivity contribution in [1.29, 1.82) is 0 Å². The minimum atomic E-state index is -0.714. The van der Waals surface area contributed by atoms with Crippen molar-refractivity contribution in [3.63, 3.8) is 0 Å². The number of nitrogens with two attached hydrogens (primary N) is 1. The summed E-state index contributed by atoms with van der Waals surface area (Å²) in [5.74, 6) is -0.574. The van der Waals surface area contributed by atoms with Gasteiger partial charge in [-0.25, -0.2) is 0 Å². The van der Waals surface area contributed by atoms with Gasteiger partial charge in [0.05, 0.1) is 10.7 Å². The summed E-state index contributed by atoms with van der Waals surface area (Å²) >= 11 is 5.98. The van der Waals surface area contributed by atoms with Gasteiger partial charge in [-0.15, -0.1) is 0 Å². The van der Waals surface area contributed by atoms with E-state index in [1.54, 1.807) is 12.1 Å². The minimum Gasteiger partial charge on any atom is -0.370 e. The summed E-state index contributed by atoms with van der Waals surface area (Å²) in [5, 5.41) is 5.52. The number of benzene rings is 1. The van der Waals surface area contributed by atoms with E-state index in [4.69, 9.17) is 22.1 Å². The molecule has 1 rings (SSSR count). The maximum atomic E-state index is 11.7. The molecular weight excluding hydrogens is 270 g/mol. The quantitative estimate of drug-likeness (QED) is 0.758. The predicted octanol–water partition coefficient (Wildman–Crippen LogP) is 1.21. The summed E-state index contributed by atoms with van der Waals surface area (Å²) in [6.07, 6.45) is -0.714. The third-order valence-corrected chi connectivity index (χ3v) is 2.65. The van der Waals surface area contributed by atoms with E-state index < -0.39 is 6.10 Å². The molecule has 1 atom stereocenters. The van der Waals surface area contributed by atoms with Crippen molar-refractivity contribution in [2.45, 2.75) is 13.0 Å². The first-order valence-corrected chi connectivity index (χ1v) is 5.96. The molecule has 4 N–H and O–H groups in total. The molecule has 0 aliphatic heterocycles. The highest BCUT2D eigenvalue weighted by Gasteiger charge is 2.16. The molecule has 1 aromatic rings. The van der Waals surface area contributed by atoms with Gasteiger partial charge >= 0.3 is 0 Å². The van der Waals surface area contributed by atoms with Gasteiger partial charge in [-0.2, -0.15) is 0 Å². The van der Waals surface area contributed by atoms with Crippen LogP contribution in [0.3, 0.4) is 0 Å². The summed E-state index contributed by atoms with van der Waals surface area (Å²) in [7, 11) is 1.41. The molecule has 0 aromatic heterocycles. The molecule has 0 aliphatic carbocycles. The fourth-order valence-corrected chi connectivity index (χ4v) is 1.64. The molecule has 2 amide bonds. The first-order valence-electron chi connectivity index (χ1n) is 5.58. The van der Waals surface area contributed by atoms with E-state index >= 15 is 0 Å². The molecule has 0 fully saturated rings. The van der Waals surface area contributed by atoms with Crippen LogP contribution in [0.1, 0.15) is 6.92 Å². The standard InChI is InChI=1S/C12H16ClN3O3/c1-7(17)15-10-4-3-8(5-9(10)13)16-12(18)11(6-14)19-2/h3-5,11H,6,14H2,1-2H3,(H,15,17)(H,16,18). The zero-order chi connectivity index (χ0) is 14.4. The van der Waals surface area contributed by atoms with Gasteiger partial charge in [0.2, 0.25) is 5.91 Å². The number of rotatable bonds is 5. The zero-order valence-electron chi connectivity index (χ0n) is 10.7. The summed E-state index contributed by atoms with van der Waals surface area (Å²) in [6, 6.07) is 4.76. The number of nitrogens with one attached hydrogen (secondary N) is 2. The van der Waals surface area contributed by atoms with Crippen molar-refractivity contribution >= 4 is 34.8 Å². The smallest absolute Gasteiger partial charge is 0.254 e. The van der Waals surface area contributed by atoms with Gasteiger partial charge in [0.25, 0.3) is 5.91 Å². The molecule has 0 heterocycles. The van der Waals surface area contributed by atoms with Gasteiger partial charge in [-0.1, -0.05) is 11.6 Å². The fraction of sp³-hybridized carbons (Fsp3) is 0.333. The summed E-state index contributed by atoms with van der Waals surface area (Å²) in [6.45, 7) is 1.47. The normalized spacial score (nSPS) is 11.8. The molecule has 19 heavy (non-hydrogen) atoms. The Morgan fingerprint density at radius 1 is 1.42 bits per heavy atom. The predicted molar refractivity (Wildman–Crippen MR) is 74.2 cm³/mol. The molecule has 0 bridgehead atoms. The number of amides is 2. The Balaban J connectivity index is 2.78. The van der Waals surface area contributed by atoms with Gasteiger partial charge in [-0.05, 0) is 18.2 Å². The van der Waals surface area contributed by atoms with Gasteiger partial charge in [-0.3, -0.25) is 9.59 Å². The lowest BCUT2D eigenvalue weighted by molar-refractivity contribution is -0.125. The largest absolute Gasteiger partial charge is 0.370 e. The molecule has 104 valence electrons. The lowest BCUT2D eigenvalue weighted by Gasteiger charge is -2.14. The van der Waals surface area contributed by atoms with Gasteiger partial charge in [0.1, 0.15) is 6.10 Å². The van der Waals surface area contributed by atoms with Gasteiger partial charge in [0, 0.05) is 26.3 Å². The summed E-state index contributed by atoms with van der Waals surface area (Å²) < 4.78 is 4.91. The van der Waals surface area contributed by atoms with Crippen LogP contribution in [0, 0.1) is 0 Å². The number of carbonyl (C=O) groups excluding carboxylic acids is 2. The van der Waals surface area contributed by atoms with Crippen LogP contribution in [0.25, 0.3) is 0 Å². The molecule has 1 unspecified atom stereocenters. The third-order valence-electron chi connectivity index (χ3n) is 2.34. The SMILES string of the molecule is COC(CN)C(=O)Nc1ccc(NC(C)=O)c(Cl)c1. The van der Waals surface area contributed by atoms with E-state index in [-0.39, 0.29) is 18.4 Å². The van der Waals surface area contributed by atoms with Crippen molar-refractivity contribution in [2.24, 2.45) is 5.73 Å². The minimum absolute atomic E-state index is 0.0834. The highest BCUT2D eigenvalue weighted by molar-refractivity contribution is 6.34. The number of methoxy groups -OCH3 is 1. The number of hydrogen-bond acceptors (Lipinski definition) is 4. The van der Waals surface area contributed by atoms with E-state index in [0.717, 1.165) is 0 Å². The number of carbonyl (C=O) groups is 2. The average molecular weight is 286 g/mol. The molecule has 0 spiro atoms. The highest BCUT2D eigenvalue weighted by Crippen LogP contribution is 2.25. The molecule has 1 aromatic carbocycles. The molecule has 7 heteroatoms. The maximum absolute atomic E-state index is 11.7. The van der Waals surface area contributed by atoms with Gasteiger partial charge in [0.15, 0.2) is 0 Å². The Morgan fingerprint density at radius 2 is 2.11 bits per heavy atom. The van der Waals surface area contributed by atoms with Crippen LogP contribution < -0.4 is 16.4 Å². The van der Waals surface area contributed by atoms with E-state index in [9.17, 15) is 9.59 Å². The van der Waals surface area contributed by atoms with Crippen LogP contribution in [0.5, 0.6) is 0 Å². The van der Waals surface area contributed by atoms with Crippen molar-refractivity contribution < 1.29 is 14.3 Å². The topological polar surface area (TPSA) is 93.4 Å².